The maximum Gasteiger partial charge on any atom is 0.220 e. The Balaban J connectivity index is 3.73. The summed E-state index contributed by atoms with van der Waals surface area (Å²) in [5.74, 6) is -0.189. The first-order valence-corrected chi connectivity index (χ1v) is 4.45. The predicted octanol–water partition coefficient (Wildman–Crippen LogP) is -1.07. The summed E-state index contributed by atoms with van der Waals surface area (Å²) in [5.41, 5.74) is 5.22. The second-order valence-electron chi connectivity index (χ2n) is 2.90. The molecule has 0 aliphatic heterocycles. The SMILES string of the molecule is CC[C@H](NC(=O)CCCO)[C@@H](N)O. The second kappa shape index (κ2) is 6.82. The van der Waals surface area contributed by atoms with Gasteiger partial charge >= 0.3 is 0 Å². The number of aliphatic hydroxyl groups excluding tert-OH is 2. The molecule has 0 saturated heterocycles. The van der Waals surface area contributed by atoms with Crippen LogP contribution in [0.4, 0.5) is 0 Å². The minimum Gasteiger partial charge on any atom is -0.396 e. The fourth-order valence-corrected chi connectivity index (χ4v) is 0.947. The van der Waals surface area contributed by atoms with Crippen molar-refractivity contribution in [2.75, 3.05) is 6.61 Å². The van der Waals surface area contributed by atoms with Crippen molar-refractivity contribution in [3.05, 3.63) is 0 Å². The average molecular weight is 190 g/mol. The Hall–Kier alpha value is -0.650. The zero-order valence-electron chi connectivity index (χ0n) is 7.86. The summed E-state index contributed by atoms with van der Waals surface area (Å²) in [6, 6.07) is -0.397. The van der Waals surface area contributed by atoms with E-state index < -0.39 is 12.3 Å². The van der Waals surface area contributed by atoms with Crippen molar-refractivity contribution in [2.24, 2.45) is 5.73 Å². The summed E-state index contributed by atoms with van der Waals surface area (Å²) in [5, 5.41) is 20.0. The van der Waals surface area contributed by atoms with Gasteiger partial charge in [-0.05, 0) is 12.8 Å². The summed E-state index contributed by atoms with van der Waals surface area (Å²) in [4.78, 5) is 11.1. The molecule has 0 aliphatic carbocycles. The molecule has 13 heavy (non-hydrogen) atoms. The zero-order valence-corrected chi connectivity index (χ0v) is 7.86. The molecule has 0 radical (unpaired) electrons. The Labute approximate surface area is 77.9 Å². The fourth-order valence-electron chi connectivity index (χ4n) is 0.947. The average Bonchev–Trinajstić information content (AvgIpc) is 2.10. The van der Waals surface area contributed by atoms with Gasteiger partial charge in [0.1, 0.15) is 6.23 Å². The molecular weight excluding hydrogens is 172 g/mol. The predicted molar refractivity (Wildman–Crippen MR) is 48.7 cm³/mol. The Bertz CT molecular complexity index is 150. The standard InChI is InChI=1S/C8H18N2O3/c1-2-6(8(9)13)10-7(12)4-3-5-11/h6,8,11,13H,2-5,9H2,1H3,(H,10,12)/t6-,8-/m0/s1. The summed E-state index contributed by atoms with van der Waals surface area (Å²) < 4.78 is 0. The van der Waals surface area contributed by atoms with Crippen LogP contribution < -0.4 is 11.1 Å². The summed E-state index contributed by atoms with van der Waals surface area (Å²) in [6.45, 7) is 1.82. The van der Waals surface area contributed by atoms with Crippen molar-refractivity contribution < 1.29 is 15.0 Å². The summed E-state index contributed by atoms with van der Waals surface area (Å²) in [7, 11) is 0. The smallest absolute Gasteiger partial charge is 0.220 e. The zero-order chi connectivity index (χ0) is 10.3. The van der Waals surface area contributed by atoms with E-state index >= 15 is 0 Å². The molecule has 5 heteroatoms. The van der Waals surface area contributed by atoms with Gasteiger partial charge in [-0.25, -0.2) is 0 Å². The van der Waals surface area contributed by atoms with Crippen LogP contribution in [0.1, 0.15) is 26.2 Å². The number of nitrogens with two attached hydrogens (primary N) is 1. The van der Waals surface area contributed by atoms with Gasteiger partial charge in [-0.15, -0.1) is 0 Å². The van der Waals surface area contributed by atoms with Crippen LogP contribution in [-0.4, -0.2) is 35.0 Å². The number of amides is 1. The van der Waals surface area contributed by atoms with E-state index in [1.54, 1.807) is 0 Å². The van der Waals surface area contributed by atoms with Gasteiger partial charge in [0.2, 0.25) is 5.91 Å². The van der Waals surface area contributed by atoms with Crippen LogP contribution in [0.15, 0.2) is 0 Å². The van der Waals surface area contributed by atoms with Gasteiger partial charge < -0.3 is 21.3 Å². The molecule has 0 spiro atoms. The Morgan fingerprint density at radius 3 is 2.62 bits per heavy atom. The molecule has 0 aromatic rings. The number of nitrogens with one attached hydrogen (secondary N) is 1. The topological polar surface area (TPSA) is 95.6 Å². The second-order valence-corrected chi connectivity index (χ2v) is 2.90. The molecule has 0 bridgehead atoms. The molecule has 5 nitrogen and oxygen atoms in total. The molecule has 0 heterocycles. The van der Waals surface area contributed by atoms with Crippen LogP contribution in [-0.2, 0) is 4.79 Å². The molecule has 78 valence electrons. The first-order chi connectivity index (χ1) is 6.11. The summed E-state index contributed by atoms with van der Waals surface area (Å²) in [6.07, 6.45) is 0.258. The highest BCUT2D eigenvalue weighted by Crippen LogP contribution is 1.95. The van der Waals surface area contributed by atoms with Crippen LogP contribution in [0, 0.1) is 0 Å². The maximum absolute atomic E-state index is 11.1. The lowest BCUT2D eigenvalue weighted by Gasteiger charge is -2.19. The highest BCUT2D eigenvalue weighted by Gasteiger charge is 2.14. The largest absolute Gasteiger partial charge is 0.396 e. The van der Waals surface area contributed by atoms with E-state index in [4.69, 9.17) is 15.9 Å². The molecule has 0 fully saturated rings. The van der Waals surface area contributed by atoms with Crippen molar-refractivity contribution in [3.63, 3.8) is 0 Å². The van der Waals surface area contributed by atoms with E-state index in [2.05, 4.69) is 5.32 Å². The van der Waals surface area contributed by atoms with Crippen LogP contribution in [0.25, 0.3) is 0 Å². The van der Waals surface area contributed by atoms with Crippen LogP contribution in [0.3, 0.4) is 0 Å². The monoisotopic (exact) mass is 190 g/mol. The van der Waals surface area contributed by atoms with E-state index in [1.807, 2.05) is 6.92 Å². The molecular formula is C8H18N2O3. The number of carbonyl (C=O) groups is 1. The molecule has 1 amide bonds. The van der Waals surface area contributed by atoms with Crippen molar-refractivity contribution in [3.8, 4) is 0 Å². The molecule has 0 saturated carbocycles. The first kappa shape index (κ1) is 12.3. The van der Waals surface area contributed by atoms with Crippen LogP contribution in [0.2, 0.25) is 0 Å². The van der Waals surface area contributed by atoms with Crippen molar-refractivity contribution in [1.29, 1.82) is 0 Å². The fraction of sp³-hybridized carbons (Fsp3) is 0.875. The third-order valence-corrected chi connectivity index (χ3v) is 1.76. The summed E-state index contributed by atoms with van der Waals surface area (Å²) >= 11 is 0. The van der Waals surface area contributed by atoms with Gasteiger partial charge in [-0.1, -0.05) is 6.92 Å². The van der Waals surface area contributed by atoms with Crippen molar-refractivity contribution in [1.82, 2.24) is 5.32 Å². The van der Waals surface area contributed by atoms with E-state index in [-0.39, 0.29) is 18.9 Å². The Morgan fingerprint density at radius 2 is 2.23 bits per heavy atom. The lowest BCUT2D eigenvalue weighted by atomic mass is 10.2. The van der Waals surface area contributed by atoms with E-state index in [9.17, 15) is 4.79 Å². The Kier molecular flexibility index (Phi) is 6.48. The molecule has 0 aromatic heterocycles. The highest BCUT2D eigenvalue weighted by molar-refractivity contribution is 5.76. The molecule has 0 aromatic carbocycles. The van der Waals surface area contributed by atoms with Gasteiger partial charge in [0.05, 0.1) is 6.04 Å². The van der Waals surface area contributed by atoms with Crippen molar-refractivity contribution in [2.45, 2.75) is 38.5 Å². The number of hydrogen-bond acceptors (Lipinski definition) is 4. The Morgan fingerprint density at radius 1 is 1.62 bits per heavy atom. The molecule has 2 atom stereocenters. The van der Waals surface area contributed by atoms with E-state index in [0.29, 0.717) is 12.8 Å². The molecule has 5 N–H and O–H groups in total. The van der Waals surface area contributed by atoms with E-state index in [0.717, 1.165) is 0 Å². The first-order valence-electron chi connectivity index (χ1n) is 4.45. The number of hydrogen-bond donors (Lipinski definition) is 4. The normalized spacial score (nSPS) is 15.1. The van der Waals surface area contributed by atoms with Crippen LogP contribution in [0.5, 0.6) is 0 Å². The van der Waals surface area contributed by atoms with Gasteiger partial charge in [0, 0.05) is 13.0 Å². The quantitative estimate of drug-likeness (QED) is 0.401. The minimum absolute atomic E-state index is 0.00457. The lowest BCUT2D eigenvalue weighted by Crippen LogP contribution is -2.47. The highest BCUT2D eigenvalue weighted by atomic mass is 16.3. The number of carbonyl (C=O) groups excluding carboxylic acids is 1. The van der Waals surface area contributed by atoms with Gasteiger partial charge in [-0.3, -0.25) is 4.79 Å². The number of aliphatic hydroxyl groups is 2. The third-order valence-electron chi connectivity index (χ3n) is 1.76. The van der Waals surface area contributed by atoms with Gasteiger partial charge in [-0.2, -0.15) is 0 Å². The minimum atomic E-state index is -1.02. The molecule has 0 aliphatic rings. The maximum atomic E-state index is 11.1. The van der Waals surface area contributed by atoms with Gasteiger partial charge in [0.15, 0.2) is 0 Å². The van der Waals surface area contributed by atoms with Crippen molar-refractivity contribution >= 4 is 5.91 Å². The van der Waals surface area contributed by atoms with Gasteiger partial charge in [0.25, 0.3) is 0 Å². The molecule has 0 unspecified atom stereocenters. The molecule has 0 rings (SSSR count). The third kappa shape index (κ3) is 5.57. The lowest BCUT2D eigenvalue weighted by molar-refractivity contribution is -0.122. The van der Waals surface area contributed by atoms with E-state index in [1.165, 1.54) is 0 Å². The number of rotatable bonds is 6. The van der Waals surface area contributed by atoms with Crippen LogP contribution >= 0.6 is 0 Å².